The van der Waals surface area contributed by atoms with Gasteiger partial charge in [-0.2, -0.15) is 13.2 Å². The van der Waals surface area contributed by atoms with Gasteiger partial charge in [0.2, 0.25) is 0 Å². The van der Waals surface area contributed by atoms with Crippen molar-refractivity contribution in [2.75, 3.05) is 17.2 Å². The van der Waals surface area contributed by atoms with Crippen molar-refractivity contribution in [3.8, 4) is 0 Å². The molecule has 0 aromatic heterocycles. The van der Waals surface area contributed by atoms with Crippen molar-refractivity contribution >= 4 is 11.4 Å². The fourth-order valence-electron chi connectivity index (χ4n) is 1.98. The molecule has 19 heavy (non-hydrogen) atoms. The standard InChI is InChI=1S/C14H21F3N2/c1-9(2)8-19(10(3)4)11-5-6-13(18)12(7-11)14(15,16)17/h5-7,9-10H,8,18H2,1-4H3. The zero-order valence-electron chi connectivity index (χ0n) is 11.8. The van der Waals surface area contributed by atoms with E-state index in [1.54, 1.807) is 6.07 Å². The highest BCUT2D eigenvalue weighted by Gasteiger charge is 2.33. The summed E-state index contributed by atoms with van der Waals surface area (Å²) in [5.41, 5.74) is 4.98. The first kappa shape index (κ1) is 15.7. The second-order valence-corrected chi connectivity index (χ2v) is 5.41. The van der Waals surface area contributed by atoms with Crippen molar-refractivity contribution in [3.05, 3.63) is 23.8 Å². The van der Waals surface area contributed by atoms with E-state index in [0.29, 0.717) is 18.2 Å². The Morgan fingerprint density at radius 3 is 2.16 bits per heavy atom. The van der Waals surface area contributed by atoms with Crippen LogP contribution in [-0.4, -0.2) is 12.6 Å². The monoisotopic (exact) mass is 274 g/mol. The zero-order valence-corrected chi connectivity index (χ0v) is 11.8. The van der Waals surface area contributed by atoms with Gasteiger partial charge in [0.15, 0.2) is 0 Å². The van der Waals surface area contributed by atoms with E-state index < -0.39 is 11.7 Å². The summed E-state index contributed by atoms with van der Waals surface area (Å²) in [4.78, 5) is 1.96. The molecule has 1 aromatic rings. The van der Waals surface area contributed by atoms with Gasteiger partial charge >= 0.3 is 6.18 Å². The van der Waals surface area contributed by atoms with Gasteiger partial charge in [0, 0.05) is 24.0 Å². The molecule has 0 amide bonds. The van der Waals surface area contributed by atoms with Gasteiger partial charge in [0.25, 0.3) is 0 Å². The molecule has 0 atom stereocenters. The van der Waals surface area contributed by atoms with E-state index >= 15 is 0 Å². The minimum atomic E-state index is -4.42. The van der Waals surface area contributed by atoms with Gasteiger partial charge in [-0.1, -0.05) is 13.8 Å². The Bertz CT molecular complexity index is 425. The van der Waals surface area contributed by atoms with Crippen molar-refractivity contribution in [2.45, 2.75) is 39.9 Å². The van der Waals surface area contributed by atoms with Gasteiger partial charge in [-0.05, 0) is 38.0 Å². The molecule has 0 aliphatic rings. The molecule has 108 valence electrons. The third-order valence-electron chi connectivity index (χ3n) is 2.86. The molecule has 0 heterocycles. The number of rotatable bonds is 4. The molecule has 0 unspecified atom stereocenters. The van der Waals surface area contributed by atoms with Crippen LogP contribution in [0.1, 0.15) is 33.3 Å². The van der Waals surface area contributed by atoms with Crippen LogP contribution in [0.2, 0.25) is 0 Å². The van der Waals surface area contributed by atoms with E-state index in [-0.39, 0.29) is 11.7 Å². The van der Waals surface area contributed by atoms with E-state index in [4.69, 9.17) is 5.73 Å². The van der Waals surface area contributed by atoms with E-state index in [2.05, 4.69) is 0 Å². The van der Waals surface area contributed by atoms with Crippen LogP contribution in [0.25, 0.3) is 0 Å². The molecule has 1 rings (SSSR count). The normalized spacial score (nSPS) is 12.3. The van der Waals surface area contributed by atoms with Crippen LogP contribution in [0.4, 0.5) is 24.5 Å². The quantitative estimate of drug-likeness (QED) is 0.835. The summed E-state index contributed by atoms with van der Waals surface area (Å²) in [6.07, 6.45) is -4.42. The van der Waals surface area contributed by atoms with Gasteiger partial charge < -0.3 is 10.6 Å². The number of hydrogen-bond donors (Lipinski definition) is 1. The molecule has 0 radical (unpaired) electrons. The van der Waals surface area contributed by atoms with Crippen LogP contribution in [0.5, 0.6) is 0 Å². The number of benzene rings is 1. The Kier molecular flexibility index (Phi) is 4.71. The molecule has 1 aromatic carbocycles. The highest BCUT2D eigenvalue weighted by Crippen LogP contribution is 2.36. The lowest BCUT2D eigenvalue weighted by molar-refractivity contribution is -0.136. The maximum Gasteiger partial charge on any atom is 0.418 e. The molecule has 0 saturated carbocycles. The Morgan fingerprint density at radius 1 is 1.16 bits per heavy atom. The Morgan fingerprint density at radius 2 is 1.74 bits per heavy atom. The van der Waals surface area contributed by atoms with Crippen LogP contribution >= 0.6 is 0 Å². The lowest BCUT2D eigenvalue weighted by Crippen LogP contribution is -2.34. The summed E-state index contributed by atoms with van der Waals surface area (Å²) in [6, 6.07) is 4.24. The smallest absolute Gasteiger partial charge is 0.398 e. The Labute approximate surface area is 112 Å². The fraction of sp³-hybridized carbons (Fsp3) is 0.571. The summed E-state index contributed by atoms with van der Waals surface area (Å²) >= 11 is 0. The molecular weight excluding hydrogens is 253 g/mol. The second kappa shape index (κ2) is 5.72. The number of hydrogen-bond acceptors (Lipinski definition) is 2. The number of nitrogens with zero attached hydrogens (tertiary/aromatic N) is 1. The van der Waals surface area contributed by atoms with Gasteiger partial charge in [0.1, 0.15) is 0 Å². The van der Waals surface area contributed by atoms with E-state index in [9.17, 15) is 13.2 Å². The molecule has 2 nitrogen and oxygen atoms in total. The predicted octanol–water partition coefficient (Wildman–Crippen LogP) is 4.16. The van der Waals surface area contributed by atoms with Crippen LogP contribution in [0, 0.1) is 5.92 Å². The first-order valence-corrected chi connectivity index (χ1v) is 6.36. The van der Waals surface area contributed by atoms with E-state index in [1.807, 2.05) is 32.6 Å². The van der Waals surface area contributed by atoms with Crippen molar-refractivity contribution in [1.29, 1.82) is 0 Å². The number of anilines is 2. The molecule has 0 fully saturated rings. The average molecular weight is 274 g/mol. The van der Waals surface area contributed by atoms with Gasteiger partial charge in [-0.25, -0.2) is 0 Å². The van der Waals surface area contributed by atoms with E-state index in [0.717, 1.165) is 6.07 Å². The minimum Gasteiger partial charge on any atom is -0.398 e. The number of nitrogen functional groups attached to an aromatic ring is 1. The summed E-state index contributed by atoms with van der Waals surface area (Å²) < 4.78 is 38.6. The minimum absolute atomic E-state index is 0.132. The van der Waals surface area contributed by atoms with E-state index in [1.165, 1.54) is 6.07 Å². The average Bonchev–Trinajstić information content (AvgIpc) is 2.24. The van der Waals surface area contributed by atoms with Crippen LogP contribution < -0.4 is 10.6 Å². The van der Waals surface area contributed by atoms with Gasteiger partial charge in [-0.3, -0.25) is 0 Å². The molecule has 0 aliphatic carbocycles. The Balaban J connectivity index is 3.18. The highest BCUT2D eigenvalue weighted by atomic mass is 19.4. The lowest BCUT2D eigenvalue weighted by atomic mass is 10.1. The van der Waals surface area contributed by atoms with Gasteiger partial charge in [-0.15, -0.1) is 0 Å². The molecule has 5 heteroatoms. The highest BCUT2D eigenvalue weighted by molar-refractivity contribution is 5.60. The van der Waals surface area contributed by atoms with Crippen LogP contribution in [0.15, 0.2) is 18.2 Å². The number of halogens is 3. The summed E-state index contributed by atoms with van der Waals surface area (Å²) in [7, 11) is 0. The first-order chi connectivity index (χ1) is 8.62. The van der Waals surface area contributed by atoms with Crippen molar-refractivity contribution < 1.29 is 13.2 Å². The van der Waals surface area contributed by atoms with Crippen LogP contribution in [0.3, 0.4) is 0 Å². The van der Waals surface area contributed by atoms with Crippen molar-refractivity contribution in [1.82, 2.24) is 0 Å². The number of nitrogens with two attached hydrogens (primary N) is 1. The molecule has 0 aliphatic heterocycles. The third-order valence-corrected chi connectivity index (χ3v) is 2.86. The van der Waals surface area contributed by atoms with Crippen molar-refractivity contribution in [2.24, 2.45) is 5.92 Å². The Hall–Kier alpha value is -1.39. The summed E-state index contributed by atoms with van der Waals surface area (Å²) in [5.74, 6) is 0.370. The largest absolute Gasteiger partial charge is 0.418 e. The second-order valence-electron chi connectivity index (χ2n) is 5.41. The predicted molar refractivity (Wildman–Crippen MR) is 73.2 cm³/mol. The maximum absolute atomic E-state index is 12.9. The molecule has 2 N–H and O–H groups in total. The SMILES string of the molecule is CC(C)CN(c1ccc(N)c(C(F)(F)F)c1)C(C)C. The first-order valence-electron chi connectivity index (χ1n) is 6.36. The molecule has 0 saturated heterocycles. The topological polar surface area (TPSA) is 29.3 Å². The molecule has 0 bridgehead atoms. The number of alkyl halides is 3. The lowest BCUT2D eigenvalue weighted by Gasteiger charge is -2.31. The molecule has 0 spiro atoms. The summed E-state index contributed by atoms with van der Waals surface area (Å²) in [6.45, 7) is 8.71. The fourth-order valence-corrected chi connectivity index (χ4v) is 1.98. The summed E-state index contributed by atoms with van der Waals surface area (Å²) in [5, 5.41) is 0. The molecular formula is C14H21F3N2. The van der Waals surface area contributed by atoms with Gasteiger partial charge in [0.05, 0.1) is 5.56 Å². The van der Waals surface area contributed by atoms with Crippen molar-refractivity contribution in [3.63, 3.8) is 0 Å². The van der Waals surface area contributed by atoms with Crippen LogP contribution in [-0.2, 0) is 6.18 Å². The third kappa shape index (κ3) is 4.04. The maximum atomic E-state index is 12.9. The zero-order chi connectivity index (χ0) is 14.8.